The molecule has 0 amide bonds. The highest BCUT2D eigenvalue weighted by Crippen LogP contribution is 2.21. The van der Waals surface area contributed by atoms with Crippen LogP contribution < -0.4 is 4.72 Å². The minimum Gasteiger partial charge on any atom is -0.280 e. The maximum absolute atomic E-state index is 12.1. The Morgan fingerprint density at radius 1 is 1.10 bits per heavy atom. The second-order valence-corrected chi connectivity index (χ2v) is 5.99. The van der Waals surface area contributed by atoms with Crippen LogP contribution in [0.4, 0.5) is 11.4 Å². The van der Waals surface area contributed by atoms with E-state index in [2.05, 4.69) is 4.72 Å². The molecule has 0 radical (unpaired) electrons. The molecular formula is C12H9ClN2O4S. The summed E-state index contributed by atoms with van der Waals surface area (Å²) in [5.74, 6) is 0. The highest BCUT2D eigenvalue weighted by molar-refractivity contribution is 7.92. The van der Waals surface area contributed by atoms with Crippen LogP contribution in [-0.4, -0.2) is 13.3 Å². The number of nitrogens with one attached hydrogen (secondary N) is 1. The molecule has 0 saturated carbocycles. The molecular weight excluding hydrogens is 304 g/mol. The number of anilines is 1. The summed E-state index contributed by atoms with van der Waals surface area (Å²) < 4.78 is 26.5. The molecule has 20 heavy (non-hydrogen) atoms. The van der Waals surface area contributed by atoms with Gasteiger partial charge in [-0.05, 0) is 30.3 Å². The monoisotopic (exact) mass is 312 g/mol. The average molecular weight is 313 g/mol. The normalized spacial score (nSPS) is 11.1. The predicted octanol–water partition coefficient (Wildman–Crippen LogP) is 3.05. The van der Waals surface area contributed by atoms with Crippen molar-refractivity contribution in [2.24, 2.45) is 0 Å². The summed E-state index contributed by atoms with van der Waals surface area (Å²) in [4.78, 5) is 9.85. The van der Waals surface area contributed by atoms with E-state index in [9.17, 15) is 18.5 Å². The fraction of sp³-hybridized carbons (Fsp3) is 0. The Morgan fingerprint density at radius 3 is 2.30 bits per heavy atom. The minimum atomic E-state index is -3.80. The lowest BCUT2D eigenvalue weighted by Gasteiger charge is -2.08. The van der Waals surface area contributed by atoms with Crippen molar-refractivity contribution in [3.05, 3.63) is 63.7 Å². The third-order valence-electron chi connectivity index (χ3n) is 2.43. The van der Waals surface area contributed by atoms with E-state index in [1.807, 2.05) is 0 Å². The molecule has 0 fully saturated rings. The van der Waals surface area contributed by atoms with Crippen LogP contribution in [0.3, 0.4) is 0 Å². The lowest BCUT2D eigenvalue weighted by atomic mass is 10.3. The number of sulfonamides is 1. The van der Waals surface area contributed by atoms with Gasteiger partial charge in [0, 0.05) is 17.2 Å². The maximum atomic E-state index is 12.1. The van der Waals surface area contributed by atoms with E-state index in [1.165, 1.54) is 18.2 Å². The van der Waals surface area contributed by atoms with E-state index < -0.39 is 14.9 Å². The number of nitrogens with zero attached hydrogens (tertiary/aromatic N) is 1. The van der Waals surface area contributed by atoms with E-state index >= 15 is 0 Å². The van der Waals surface area contributed by atoms with Gasteiger partial charge in [-0.1, -0.05) is 17.7 Å². The molecule has 0 saturated heterocycles. The fourth-order valence-corrected chi connectivity index (χ4v) is 2.75. The number of halogens is 1. The molecule has 0 atom stereocenters. The zero-order chi connectivity index (χ0) is 14.8. The number of nitro groups is 1. The van der Waals surface area contributed by atoms with E-state index in [4.69, 9.17) is 11.6 Å². The van der Waals surface area contributed by atoms with Crippen molar-refractivity contribution >= 4 is 33.0 Å². The van der Waals surface area contributed by atoms with E-state index in [0.29, 0.717) is 10.7 Å². The van der Waals surface area contributed by atoms with Crippen LogP contribution in [0.5, 0.6) is 0 Å². The van der Waals surface area contributed by atoms with Crippen molar-refractivity contribution in [1.29, 1.82) is 0 Å². The summed E-state index contributed by atoms with van der Waals surface area (Å²) in [7, 11) is -3.80. The van der Waals surface area contributed by atoms with Gasteiger partial charge in [0.05, 0.1) is 15.5 Å². The van der Waals surface area contributed by atoms with Crippen LogP contribution in [0.2, 0.25) is 5.02 Å². The minimum absolute atomic E-state index is 0.0666. The number of benzene rings is 2. The number of nitro benzene ring substituents is 1. The van der Waals surface area contributed by atoms with Crippen LogP contribution in [0, 0.1) is 10.1 Å². The Morgan fingerprint density at radius 2 is 1.75 bits per heavy atom. The van der Waals surface area contributed by atoms with Gasteiger partial charge in [0.15, 0.2) is 0 Å². The number of non-ortho nitro benzene ring substituents is 1. The Balaban J connectivity index is 2.28. The molecule has 0 bridgehead atoms. The third kappa shape index (κ3) is 3.25. The molecule has 2 rings (SSSR count). The van der Waals surface area contributed by atoms with Crippen molar-refractivity contribution in [2.75, 3.05) is 4.72 Å². The van der Waals surface area contributed by atoms with Crippen LogP contribution in [-0.2, 0) is 10.0 Å². The van der Waals surface area contributed by atoms with Gasteiger partial charge in [-0.3, -0.25) is 14.8 Å². The lowest BCUT2D eigenvalue weighted by Crippen LogP contribution is -2.12. The zero-order valence-corrected chi connectivity index (χ0v) is 11.6. The molecule has 6 nitrogen and oxygen atoms in total. The Hall–Kier alpha value is -2.12. The molecule has 0 heterocycles. The first-order chi connectivity index (χ1) is 9.38. The average Bonchev–Trinajstić information content (AvgIpc) is 2.38. The van der Waals surface area contributed by atoms with Gasteiger partial charge in [0.1, 0.15) is 0 Å². The van der Waals surface area contributed by atoms with Crippen LogP contribution >= 0.6 is 11.6 Å². The summed E-state index contributed by atoms with van der Waals surface area (Å²) in [5.41, 5.74) is 0.141. The Labute approximate surface area is 120 Å². The molecule has 0 aliphatic rings. The molecule has 0 unspecified atom stereocenters. The quantitative estimate of drug-likeness (QED) is 0.694. The molecule has 104 valence electrons. The molecule has 0 aliphatic heterocycles. The lowest BCUT2D eigenvalue weighted by molar-refractivity contribution is -0.384. The van der Waals surface area contributed by atoms with Crippen molar-refractivity contribution in [3.63, 3.8) is 0 Å². The summed E-state index contributed by atoms with van der Waals surface area (Å²) in [5, 5.41) is 10.9. The van der Waals surface area contributed by atoms with Crippen molar-refractivity contribution in [3.8, 4) is 0 Å². The highest BCUT2D eigenvalue weighted by Gasteiger charge is 2.16. The van der Waals surface area contributed by atoms with Gasteiger partial charge in [0.25, 0.3) is 15.7 Å². The second-order valence-electron chi connectivity index (χ2n) is 3.87. The van der Waals surface area contributed by atoms with Crippen LogP contribution in [0.1, 0.15) is 0 Å². The molecule has 0 aliphatic carbocycles. The standard InChI is InChI=1S/C12H9ClN2O4S/c13-9-2-1-3-10(8-9)14-20(18,19)12-6-4-11(5-7-12)15(16)17/h1-8,14H. The van der Waals surface area contributed by atoms with Gasteiger partial charge < -0.3 is 0 Å². The van der Waals surface area contributed by atoms with Gasteiger partial charge in [-0.15, -0.1) is 0 Å². The Kier molecular flexibility index (Phi) is 3.91. The van der Waals surface area contributed by atoms with Gasteiger partial charge >= 0.3 is 0 Å². The van der Waals surface area contributed by atoms with E-state index in [-0.39, 0.29) is 10.6 Å². The maximum Gasteiger partial charge on any atom is 0.269 e. The molecule has 8 heteroatoms. The predicted molar refractivity (Wildman–Crippen MR) is 75.4 cm³/mol. The zero-order valence-electron chi connectivity index (χ0n) is 9.99. The number of rotatable bonds is 4. The molecule has 2 aromatic rings. The Bertz CT molecular complexity index is 744. The van der Waals surface area contributed by atoms with Crippen molar-refractivity contribution in [2.45, 2.75) is 4.90 Å². The topological polar surface area (TPSA) is 89.3 Å². The fourth-order valence-electron chi connectivity index (χ4n) is 1.51. The summed E-state index contributed by atoms with van der Waals surface area (Å²) in [6, 6.07) is 10.8. The van der Waals surface area contributed by atoms with Crippen molar-refractivity contribution < 1.29 is 13.3 Å². The first-order valence-corrected chi connectivity index (χ1v) is 7.27. The van der Waals surface area contributed by atoms with Gasteiger partial charge in [-0.25, -0.2) is 8.42 Å². The summed E-state index contributed by atoms with van der Waals surface area (Å²) >= 11 is 5.77. The summed E-state index contributed by atoms with van der Waals surface area (Å²) in [6.45, 7) is 0. The summed E-state index contributed by atoms with van der Waals surface area (Å²) in [6.07, 6.45) is 0. The molecule has 0 spiro atoms. The first kappa shape index (κ1) is 14.3. The molecule has 1 N–H and O–H groups in total. The number of hydrogen-bond donors (Lipinski definition) is 1. The van der Waals surface area contributed by atoms with E-state index in [0.717, 1.165) is 12.1 Å². The van der Waals surface area contributed by atoms with Crippen LogP contribution in [0.25, 0.3) is 0 Å². The van der Waals surface area contributed by atoms with Crippen LogP contribution in [0.15, 0.2) is 53.4 Å². The smallest absolute Gasteiger partial charge is 0.269 e. The van der Waals surface area contributed by atoms with Gasteiger partial charge in [0.2, 0.25) is 0 Å². The largest absolute Gasteiger partial charge is 0.280 e. The second kappa shape index (κ2) is 5.48. The first-order valence-electron chi connectivity index (χ1n) is 5.41. The number of hydrogen-bond acceptors (Lipinski definition) is 4. The molecule has 2 aromatic carbocycles. The van der Waals surface area contributed by atoms with Crippen molar-refractivity contribution in [1.82, 2.24) is 0 Å². The molecule has 0 aromatic heterocycles. The SMILES string of the molecule is O=[N+]([O-])c1ccc(S(=O)(=O)Nc2cccc(Cl)c2)cc1. The highest BCUT2D eigenvalue weighted by atomic mass is 35.5. The van der Waals surface area contributed by atoms with E-state index in [1.54, 1.807) is 18.2 Å². The van der Waals surface area contributed by atoms with Gasteiger partial charge in [-0.2, -0.15) is 0 Å². The third-order valence-corrected chi connectivity index (χ3v) is 4.07.